The summed E-state index contributed by atoms with van der Waals surface area (Å²) in [6.07, 6.45) is 7.75. The van der Waals surface area contributed by atoms with Gasteiger partial charge in [-0.15, -0.1) is 0 Å². The van der Waals surface area contributed by atoms with Crippen molar-refractivity contribution in [1.29, 1.82) is 0 Å². The summed E-state index contributed by atoms with van der Waals surface area (Å²) in [6.45, 7) is 10.5. The molecular weight excluding hydrogens is 384 g/mol. The number of allylic oxidation sites excluding steroid dienone is 4. The molecule has 0 aliphatic heterocycles. The first kappa shape index (κ1) is 25.3. The highest BCUT2D eigenvalue weighted by molar-refractivity contribution is 6.31. The highest BCUT2D eigenvalue weighted by Gasteiger charge is 2.28. The molecule has 0 aromatic heterocycles. The molecule has 0 saturated heterocycles. The molecule has 1 aromatic rings. The summed E-state index contributed by atoms with van der Waals surface area (Å²) in [5.74, 6) is 0.411. The van der Waals surface area contributed by atoms with Crippen LogP contribution < -0.4 is 11.1 Å². The normalized spacial score (nSPS) is 15.1. The maximum atomic E-state index is 11.5. The number of nitrogens with one attached hydrogen (secondary N) is 1. The molecule has 2 atom stereocenters. The van der Waals surface area contributed by atoms with E-state index in [0.717, 1.165) is 25.8 Å². The molecule has 0 bridgehead atoms. The number of rotatable bonds is 13. The number of ether oxygens (including phenoxy) is 1. The van der Waals surface area contributed by atoms with Crippen molar-refractivity contribution in [2.24, 2.45) is 11.7 Å². The van der Waals surface area contributed by atoms with Crippen molar-refractivity contribution < 1.29 is 9.53 Å². The SMILES string of the molecule is CCNC(CCc1ccccc1)CC(C)/C=C\C(Cl)=C(/CC)OC(C)(C)C(N)=O. The van der Waals surface area contributed by atoms with Crippen LogP contribution in [0.5, 0.6) is 0 Å². The van der Waals surface area contributed by atoms with Crippen molar-refractivity contribution in [3.05, 3.63) is 58.8 Å². The van der Waals surface area contributed by atoms with E-state index in [9.17, 15) is 4.79 Å². The number of aryl methyl sites for hydroxylation is 1. The van der Waals surface area contributed by atoms with E-state index in [-0.39, 0.29) is 0 Å². The van der Waals surface area contributed by atoms with E-state index in [1.807, 2.05) is 19.1 Å². The Balaban J connectivity index is 2.70. The van der Waals surface area contributed by atoms with E-state index in [2.05, 4.69) is 49.5 Å². The maximum absolute atomic E-state index is 11.5. The van der Waals surface area contributed by atoms with Crippen molar-refractivity contribution in [3.63, 3.8) is 0 Å². The van der Waals surface area contributed by atoms with Gasteiger partial charge in [-0.25, -0.2) is 0 Å². The summed E-state index contributed by atoms with van der Waals surface area (Å²) in [4.78, 5) is 11.5. The summed E-state index contributed by atoms with van der Waals surface area (Å²) in [5, 5.41) is 4.11. The Morgan fingerprint density at radius 1 is 1.28 bits per heavy atom. The molecule has 4 nitrogen and oxygen atoms in total. The van der Waals surface area contributed by atoms with Gasteiger partial charge in [0.1, 0.15) is 5.76 Å². The lowest BCUT2D eigenvalue weighted by Crippen LogP contribution is -2.40. The molecular formula is C24H37ClN2O2. The lowest BCUT2D eigenvalue weighted by molar-refractivity contribution is -0.135. The van der Waals surface area contributed by atoms with Gasteiger partial charge in [-0.2, -0.15) is 0 Å². The Morgan fingerprint density at radius 2 is 1.93 bits per heavy atom. The third-order valence-corrected chi connectivity index (χ3v) is 5.24. The van der Waals surface area contributed by atoms with Gasteiger partial charge in [-0.3, -0.25) is 4.79 Å². The summed E-state index contributed by atoms with van der Waals surface area (Å²) < 4.78 is 5.76. The maximum Gasteiger partial charge on any atom is 0.261 e. The van der Waals surface area contributed by atoms with Crippen LogP contribution in [0.4, 0.5) is 0 Å². The minimum Gasteiger partial charge on any atom is -0.481 e. The third kappa shape index (κ3) is 9.51. The number of halogens is 1. The lowest BCUT2D eigenvalue weighted by Gasteiger charge is -2.24. The molecule has 5 heteroatoms. The van der Waals surface area contributed by atoms with Crippen LogP contribution in [0.2, 0.25) is 0 Å². The number of carbonyl (C=O) groups excluding carboxylic acids is 1. The van der Waals surface area contributed by atoms with Gasteiger partial charge in [0.25, 0.3) is 5.91 Å². The summed E-state index contributed by atoms with van der Waals surface area (Å²) in [5.41, 5.74) is 5.68. The lowest BCUT2D eigenvalue weighted by atomic mass is 9.96. The molecule has 29 heavy (non-hydrogen) atoms. The standard InChI is InChI=1S/C24H37ClN2O2/c1-6-22(29-24(4,5)23(26)28)21(25)16-13-18(3)17-20(27-7-2)15-14-19-11-9-8-10-12-19/h8-13,16,18,20,27H,6-7,14-15,17H2,1-5H3,(H2,26,28)/b16-13-,22-21-. The van der Waals surface area contributed by atoms with Gasteiger partial charge < -0.3 is 15.8 Å². The van der Waals surface area contributed by atoms with Crippen LogP contribution in [0, 0.1) is 5.92 Å². The minimum absolute atomic E-state index is 0.353. The van der Waals surface area contributed by atoms with Crippen LogP contribution in [-0.4, -0.2) is 24.1 Å². The fourth-order valence-electron chi connectivity index (χ4n) is 3.09. The molecule has 0 aliphatic carbocycles. The second-order valence-electron chi connectivity index (χ2n) is 7.95. The van der Waals surface area contributed by atoms with Crippen molar-refractivity contribution in [1.82, 2.24) is 5.32 Å². The Labute approximate surface area is 181 Å². The highest BCUT2D eigenvalue weighted by Crippen LogP contribution is 2.24. The average molecular weight is 421 g/mol. The van der Waals surface area contributed by atoms with Crippen LogP contribution >= 0.6 is 11.6 Å². The number of nitrogens with two attached hydrogens (primary N) is 1. The second kappa shape index (κ2) is 12.7. The summed E-state index contributed by atoms with van der Waals surface area (Å²) in [6, 6.07) is 11.0. The molecule has 0 radical (unpaired) electrons. The van der Waals surface area contributed by atoms with E-state index in [1.165, 1.54) is 5.56 Å². The fourth-order valence-corrected chi connectivity index (χ4v) is 3.34. The summed E-state index contributed by atoms with van der Waals surface area (Å²) >= 11 is 6.44. The smallest absolute Gasteiger partial charge is 0.261 e. The van der Waals surface area contributed by atoms with Crippen LogP contribution in [0.3, 0.4) is 0 Å². The predicted octanol–water partition coefficient (Wildman–Crippen LogP) is 5.32. The van der Waals surface area contributed by atoms with Gasteiger partial charge in [0.15, 0.2) is 5.60 Å². The second-order valence-corrected chi connectivity index (χ2v) is 8.36. The number of amides is 1. The van der Waals surface area contributed by atoms with Crippen molar-refractivity contribution in [3.8, 4) is 0 Å². The first-order valence-electron chi connectivity index (χ1n) is 10.5. The van der Waals surface area contributed by atoms with Crippen LogP contribution in [0.15, 0.2) is 53.3 Å². The van der Waals surface area contributed by atoms with E-state index >= 15 is 0 Å². The van der Waals surface area contributed by atoms with Gasteiger partial charge >= 0.3 is 0 Å². The Bertz CT molecular complexity index is 683. The molecule has 3 N–H and O–H groups in total. The van der Waals surface area contributed by atoms with E-state index in [1.54, 1.807) is 13.8 Å². The van der Waals surface area contributed by atoms with Crippen LogP contribution in [0.1, 0.15) is 59.4 Å². The fraction of sp³-hybridized carbons (Fsp3) is 0.542. The average Bonchev–Trinajstić information content (AvgIpc) is 2.69. The first-order chi connectivity index (χ1) is 13.7. The van der Waals surface area contributed by atoms with Gasteiger partial charge in [0.2, 0.25) is 0 Å². The Morgan fingerprint density at radius 3 is 2.48 bits per heavy atom. The van der Waals surface area contributed by atoms with Crippen LogP contribution in [0.25, 0.3) is 0 Å². The largest absolute Gasteiger partial charge is 0.481 e. The summed E-state index contributed by atoms with van der Waals surface area (Å²) in [7, 11) is 0. The van der Waals surface area contributed by atoms with Crippen LogP contribution in [-0.2, 0) is 16.0 Å². The molecule has 1 amide bonds. The Hall–Kier alpha value is -1.78. The van der Waals surface area contributed by atoms with Gasteiger partial charge in [-0.05, 0) is 57.2 Å². The van der Waals surface area contributed by atoms with Crippen molar-refractivity contribution >= 4 is 17.5 Å². The topological polar surface area (TPSA) is 64.3 Å². The van der Waals surface area contributed by atoms with Gasteiger partial charge in [-0.1, -0.05) is 68.8 Å². The number of primary amides is 1. The van der Waals surface area contributed by atoms with Crippen molar-refractivity contribution in [2.75, 3.05) is 6.54 Å². The molecule has 162 valence electrons. The first-order valence-corrected chi connectivity index (χ1v) is 10.9. The number of carbonyl (C=O) groups is 1. The molecule has 0 heterocycles. The molecule has 0 spiro atoms. The molecule has 2 unspecified atom stereocenters. The zero-order chi connectivity index (χ0) is 21.9. The van der Waals surface area contributed by atoms with Gasteiger partial charge in [0.05, 0.1) is 5.03 Å². The van der Waals surface area contributed by atoms with E-state index in [4.69, 9.17) is 22.1 Å². The zero-order valence-corrected chi connectivity index (χ0v) is 19.3. The van der Waals surface area contributed by atoms with E-state index in [0.29, 0.717) is 29.2 Å². The molecule has 0 fully saturated rings. The number of hydrogen-bond donors (Lipinski definition) is 2. The Kier molecular flexibility index (Phi) is 11.1. The molecule has 1 aromatic carbocycles. The molecule has 1 rings (SSSR count). The molecule has 0 aliphatic rings. The van der Waals surface area contributed by atoms with Crippen molar-refractivity contribution in [2.45, 2.75) is 71.9 Å². The minimum atomic E-state index is -1.08. The number of hydrogen-bond acceptors (Lipinski definition) is 3. The third-order valence-electron chi connectivity index (χ3n) is 4.90. The molecule has 0 saturated carbocycles. The van der Waals surface area contributed by atoms with E-state index < -0.39 is 11.5 Å². The quantitative estimate of drug-likeness (QED) is 0.335. The number of benzene rings is 1. The monoisotopic (exact) mass is 420 g/mol. The highest BCUT2D eigenvalue weighted by atomic mass is 35.5. The predicted molar refractivity (Wildman–Crippen MR) is 123 cm³/mol. The van der Waals surface area contributed by atoms with Gasteiger partial charge in [0, 0.05) is 12.5 Å². The zero-order valence-electron chi connectivity index (χ0n) is 18.5.